The first-order chi connectivity index (χ1) is 7.93. The summed E-state index contributed by atoms with van der Waals surface area (Å²) in [5.74, 6) is 0. The third kappa shape index (κ3) is 8.90. The van der Waals surface area contributed by atoms with Crippen molar-refractivity contribution in [3.8, 4) is 0 Å². The predicted octanol–water partition coefficient (Wildman–Crippen LogP) is 4.24. The zero-order valence-electron chi connectivity index (χ0n) is 10.9. The lowest BCUT2D eigenvalue weighted by molar-refractivity contribution is 0.565. The zero-order chi connectivity index (χ0) is 11.5. The molecule has 0 saturated heterocycles. The molecule has 1 fully saturated rings. The van der Waals surface area contributed by atoms with Crippen LogP contribution in [0.15, 0.2) is 30.3 Å². The second kappa shape index (κ2) is 11.6. The van der Waals surface area contributed by atoms with Crippen molar-refractivity contribution in [2.45, 2.75) is 51.5 Å². The topological polar surface area (TPSA) is 61.0 Å². The van der Waals surface area contributed by atoms with Crippen molar-refractivity contribution in [3.05, 3.63) is 42.3 Å². The molecule has 1 aliphatic carbocycles. The Hall–Kier alpha value is -0.860. The molecule has 1 aromatic rings. The lowest BCUT2D eigenvalue weighted by Gasteiger charge is -2.05. The Morgan fingerprint density at radius 1 is 0.824 bits per heavy atom. The predicted molar refractivity (Wildman–Crippen MR) is 76.0 cm³/mol. The first-order valence-electron chi connectivity index (χ1n) is 6.49. The molecule has 0 amide bonds. The molecule has 1 saturated carbocycles. The summed E-state index contributed by atoms with van der Waals surface area (Å²) in [4.78, 5) is 0. The van der Waals surface area contributed by atoms with E-state index in [1.165, 1.54) is 50.5 Å². The minimum absolute atomic E-state index is 0. The molecule has 0 spiro atoms. The van der Waals surface area contributed by atoms with Crippen LogP contribution >= 0.6 is 0 Å². The molecule has 0 unspecified atom stereocenters. The maximum Gasteiger partial charge on any atom is 0.0178 e. The van der Waals surface area contributed by atoms with Crippen LogP contribution in [0.5, 0.6) is 0 Å². The van der Waals surface area contributed by atoms with Crippen molar-refractivity contribution in [2.75, 3.05) is 0 Å². The van der Waals surface area contributed by atoms with Gasteiger partial charge in [-0.2, -0.15) is 0 Å². The van der Waals surface area contributed by atoms with Crippen LogP contribution in [-0.2, 0) is 6.54 Å². The highest BCUT2D eigenvalue weighted by Crippen LogP contribution is 2.14. The first kappa shape index (κ1) is 16.1. The molecule has 0 aliphatic heterocycles. The fourth-order valence-corrected chi connectivity index (χ4v) is 1.87. The quantitative estimate of drug-likeness (QED) is 0.764. The average molecular weight is 235 g/mol. The van der Waals surface area contributed by atoms with Crippen LogP contribution in [0.1, 0.15) is 50.5 Å². The highest BCUT2D eigenvalue weighted by molar-refractivity contribution is 5.13. The molecule has 2 heteroatoms. The van der Waals surface area contributed by atoms with Crippen molar-refractivity contribution >= 4 is 0 Å². The van der Waals surface area contributed by atoms with Crippen LogP contribution in [0.4, 0.5) is 0 Å². The second-order valence-electron chi connectivity index (χ2n) is 4.32. The van der Waals surface area contributed by atoms with Crippen LogP contribution < -0.4 is 11.9 Å². The van der Waals surface area contributed by atoms with Gasteiger partial charge in [0.2, 0.25) is 0 Å². The summed E-state index contributed by atoms with van der Waals surface area (Å²) in [7, 11) is 0. The molecule has 97 valence electrons. The summed E-state index contributed by atoms with van der Waals surface area (Å²) in [5, 5.41) is 0. The minimum atomic E-state index is 0. The molecule has 0 heterocycles. The third-order valence-corrected chi connectivity index (χ3v) is 2.90. The lowest BCUT2D eigenvalue weighted by Crippen LogP contribution is -1.94. The largest absolute Gasteiger partial charge is 0.344 e. The van der Waals surface area contributed by atoms with Gasteiger partial charge in [-0.1, -0.05) is 75.3 Å². The fraction of sp³-hybridized carbons (Fsp3) is 0.533. The van der Waals surface area contributed by atoms with Gasteiger partial charge < -0.3 is 11.9 Å². The van der Waals surface area contributed by atoms with Gasteiger partial charge in [0.15, 0.2) is 0 Å². The molecular formula is C15H27N2. The summed E-state index contributed by atoms with van der Waals surface area (Å²) in [6, 6.07) is 9.99. The van der Waals surface area contributed by atoms with Crippen molar-refractivity contribution in [2.24, 2.45) is 5.73 Å². The Labute approximate surface area is 106 Å². The fourth-order valence-electron chi connectivity index (χ4n) is 1.87. The number of rotatable bonds is 1. The maximum atomic E-state index is 5.35. The Morgan fingerprint density at radius 2 is 1.35 bits per heavy atom. The second-order valence-corrected chi connectivity index (χ2v) is 4.32. The zero-order valence-corrected chi connectivity index (χ0v) is 10.9. The average Bonchev–Trinajstić information content (AvgIpc) is 2.30. The SMILES string of the molecule is N.NCc1ccccc1.[CH]1CCCCCCC1. The normalized spacial score (nSPS) is 15.6. The van der Waals surface area contributed by atoms with E-state index in [4.69, 9.17) is 5.73 Å². The first-order valence-corrected chi connectivity index (χ1v) is 6.49. The monoisotopic (exact) mass is 235 g/mol. The standard InChI is InChI=1S/C8H15.C7H9N.H3N/c1-2-4-6-8-7-5-3-1;8-6-7-4-2-1-3-5-7;/h1H,2-8H2;1-5H,6,8H2;1H3. The molecule has 1 aromatic carbocycles. The molecule has 5 N–H and O–H groups in total. The Bertz CT molecular complexity index is 222. The molecule has 2 nitrogen and oxygen atoms in total. The minimum Gasteiger partial charge on any atom is -0.344 e. The van der Waals surface area contributed by atoms with Crippen LogP contribution in [0.3, 0.4) is 0 Å². The van der Waals surface area contributed by atoms with Crippen molar-refractivity contribution in [3.63, 3.8) is 0 Å². The lowest BCUT2D eigenvalue weighted by atomic mass is 10.0. The van der Waals surface area contributed by atoms with E-state index in [9.17, 15) is 0 Å². The number of benzene rings is 1. The summed E-state index contributed by atoms with van der Waals surface area (Å²) in [5.41, 5.74) is 6.54. The van der Waals surface area contributed by atoms with Gasteiger partial charge in [0.25, 0.3) is 0 Å². The van der Waals surface area contributed by atoms with E-state index in [0.29, 0.717) is 6.54 Å². The van der Waals surface area contributed by atoms with Crippen LogP contribution in [-0.4, -0.2) is 0 Å². The molecule has 1 aliphatic rings. The van der Waals surface area contributed by atoms with Crippen molar-refractivity contribution < 1.29 is 0 Å². The molecule has 17 heavy (non-hydrogen) atoms. The highest BCUT2D eigenvalue weighted by Gasteiger charge is 1.95. The number of nitrogens with two attached hydrogens (primary N) is 1. The van der Waals surface area contributed by atoms with Crippen LogP contribution in [0.25, 0.3) is 0 Å². The summed E-state index contributed by atoms with van der Waals surface area (Å²) in [6.45, 7) is 0.640. The maximum absolute atomic E-state index is 5.35. The van der Waals surface area contributed by atoms with E-state index in [0.717, 1.165) is 0 Å². The summed E-state index contributed by atoms with van der Waals surface area (Å²) in [6.07, 6.45) is 12.5. The van der Waals surface area contributed by atoms with Crippen molar-refractivity contribution in [1.82, 2.24) is 6.15 Å². The van der Waals surface area contributed by atoms with Crippen LogP contribution in [0.2, 0.25) is 0 Å². The smallest absolute Gasteiger partial charge is 0.0178 e. The Kier molecular flexibility index (Phi) is 11.0. The van der Waals surface area contributed by atoms with E-state index in [-0.39, 0.29) is 6.15 Å². The summed E-state index contributed by atoms with van der Waals surface area (Å²) < 4.78 is 0. The molecule has 0 aromatic heterocycles. The van der Waals surface area contributed by atoms with E-state index in [1.807, 2.05) is 30.3 Å². The molecular weight excluding hydrogens is 208 g/mol. The van der Waals surface area contributed by atoms with E-state index < -0.39 is 0 Å². The van der Waals surface area contributed by atoms with Crippen molar-refractivity contribution in [1.29, 1.82) is 0 Å². The highest BCUT2D eigenvalue weighted by atomic mass is 14.5. The molecule has 1 radical (unpaired) electrons. The van der Waals surface area contributed by atoms with E-state index in [1.54, 1.807) is 0 Å². The van der Waals surface area contributed by atoms with Gasteiger partial charge >= 0.3 is 0 Å². The van der Waals surface area contributed by atoms with Crippen LogP contribution in [0, 0.1) is 6.42 Å². The summed E-state index contributed by atoms with van der Waals surface area (Å²) >= 11 is 0. The molecule has 0 bridgehead atoms. The van der Waals surface area contributed by atoms with Gasteiger partial charge in [0.1, 0.15) is 0 Å². The molecule has 0 atom stereocenters. The molecule has 2 rings (SSSR count). The van der Waals surface area contributed by atoms with Gasteiger partial charge in [0, 0.05) is 6.54 Å². The Balaban J connectivity index is 0.000000284. The van der Waals surface area contributed by atoms with Gasteiger partial charge in [-0.05, 0) is 12.0 Å². The van der Waals surface area contributed by atoms with E-state index >= 15 is 0 Å². The van der Waals surface area contributed by atoms with Gasteiger partial charge in [0.05, 0.1) is 0 Å². The van der Waals surface area contributed by atoms with E-state index in [2.05, 4.69) is 6.42 Å². The Morgan fingerprint density at radius 3 is 1.82 bits per heavy atom. The van der Waals surface area contributed by atoms with Gasteiger partial charge in [-0.15, -0.1) is 0 Å². The number of hydrogen-bond acceptors (Lipinski definition) is 2. The van der Waals surface area contributed by atoms with Gasteiger partial charge in [-0.3, -0.25) is 0 Å². The van der Waals surface area contributed by atoms with Gasteiger partial charge in [-0.25, -0.2) is 0 Å². The number of hydrogen-bond donors (Lipinski definition) is 2. The third-order valence-electron chi connectivity index (χ3n) is 2.90.